The van der Waals surface area contributed by atoms with Crippen molar-refractivity contribution in [3.8, 4) is 0 Å². The highest BCUT2D eigenvalue weighted by Gasteiger charge is 2.16. The Morgan fingerprint density at radius 3 is 2.95 bits per heavy atom. The molecule has 3 rings (SSSR count). The number of benzene rings is 1. The summed E-state index contributed by atoms with van der Waals surface area (Å²) in [5.41, 5.74) is 3.57. The summed E-state index contributed by atoms with van der Waals surface area (Å²) in [6, 6.07) is 5.87. The van der Waals surface area contributed by atoms with Crippen LogP contribution in [0.15, 0.2) is 30.5 Å². The molecule has 0 spiro atoms. The average molecular weight is 275 g/mol. The van der Waals surface area contributed by atoms with E-state index in [2.05, 4.69) is 11.1 Å². The van der Waals surface area contributed by atoms with Gasteiger partial charge in [-0.1, -0.05) is 17.7 Å². The van der Waals surface area contributed by atoms with Crippen LogP contribution < -0.4 is 0 Å². The summed E-state index contributed by atoms with van der Waals surface area (Å²) in [7, 11) is 0. The van der Waals surface area contributed by atoms with Crippen LogP contribution in [0, 0.1) is 0 Å². The summed E-state index contributed by atoms with van der Waals surface area (Å²) in [5, 5.41) is 1.89. The van der Waals surface area contributed by atoms with Gasteiger partial charge in [0.25, 0.3) is 0 Å². The molecule has 0 saturated carbocycles. The minimum absolute atomic E-state index is 0.136. The number of nitrogens with one attached hydrogen (secondary N) is 1. The predicted octanol–water partition coefficient (Wildman–Crippen LogP) is 3.46. The third-order valence-corrected chi connectivity index (χ3v) is 3.88. The second-order valence-electron chi connectivity index (χ2n) is 4.84. The number of aromatic amines is 1. The molecule has 0 aliphatic carbocycles. The standard InChI is InChI=1S/C15H15ClN2O/c1-10(19)18-6-4-11(5-7-18)14-9-17-15-3-2-12(16)8-13(14)15/h2-4,8-9,17H,5-7H2,1H3. The van der Waals surface area contributed by atoms with E-state index in [1.807, 2.05) is 29.3 Å². The lowest BCUT2D eigenvalue weighted by molar-refractivity contribution is -0.128. The molecule has 0 fully saturated rings. The zero-order chi connectivity index (χ0) is 13.4. The molecule has 1 aliphatic heterocycles. The van der Waals surface area contributed by atoms with E-state index in [0.717, 1.165) is 28.9 Å². The van der Waals surface area contributed by atoms with Crippen molar-refractivity contribution in [1.82, 2.24) is 9.88 Å². The van der Waals surface area contributed by atoms with Crippen LogP contribution in [0.1, 0.15) is 18.9 Å². The molecule has 0 saturated heterocycles. The van der Waals surface area contributed by atoms with Crippen LogP contribution in [-0.2, 0) is 4.79 Å². The zero-order valence-electron chi connectivity index (χ0n) is 10.7. The van der Waals surface area contributed by atoms with Crippen molar-refractivity contribution < 1.29 is 4.79 Å². The molecule has 0 unspecified atom stereocenters. The van der Waals surface area contributed by atoms with E-state index >= 15 is 0 Å². The SMILES string of the molecule is CC(=O)N1CC=C(c2c[nH]c3ccc(Cl)cc23)CC1. The number of carbonyl (C=O) groups excluding carboxylic acids is 1. The Balaban J connectivity index is 1.97. The fourth-order valence-electron chi connectivity index (χ4n) is 2.56. The van der Waals surface area contributed by atoms with E-state index in [4.69, 9.17) is 11.6 Å². The van der Waals surface area contributed by atoms with Crippen LogP contribution in [0.4, 0.5) is 0 Å². The van der Waals surface area contributed by atoms with Gasteiger partial charge >= 0.3 is 0 Å². The molecule has 1 aliphatic rings. The Kier molecular flexibility index (Phi) is 3.07. The van der Waals surface area contributed by atoms with Gasteiger partial charge < -0.3 is 9.88 Å². The molecule has 0 bridgehead atoms. The first kappa shape index (κ1) is 12.3. The summed E-state index contributed by atoms with van der Waals surface area (Å²) in [4.78, 5) is 16.4. The van der Waals surface area contributed by atoms with Crippen molar-refractivity contribution in [2.24, 2.45) is 0 Å². The molecule has 98 valence electrons. The number of fused-ring (bicyclic) bond motifs is 1. The lowest BCUT2D eigenvalue weighted by atomic mass is 9.99. The van der Waals surface area contributed by atoms with Crippen molar-refractivity contribution >= 4 is 34.0 Å². The first-order chi connectivity index (χ1) is 9.15. The Bertz CT molecular complexity index is 672. The van der Waals surface area contributed by atoms with Crippen LogP contribution in [0.25, 0.3) is 16.5 Å². The Labute approximate surface area is 116 Å². The van der Waals surface area contributed by atoms with Crippen molar-refractivity contribution in [2.75, 3.05) is 13.1 Å². The van der Waals surface area contributed by atoms with E-state index in [9.17, 15) is 4.79 Å². The highest BCUT2D eigenvalue weighted by Crippen LogP contribution is 2.30. The fourth-order valence-corrected chi connectivity index (χ4v) is 2.73. The minimum Gasteiger partial charge on any atom is -0.361 e. The van der Waals surface area contributed by atoms with Crippen molar-refractivity contribution in [2.45, 2.75) is 13.3 Å². The molecule has 1 N–H and O–H groups in total. The topological polar surface area (TPSA) is 36.1 Å². The summed E-state index contributed by atoms with van der Waals surface area (Å²) >= 11 is 6.06. The van der Waals surface area contributed by atoms with E-state index in [1.54, 1.807) is 6.92 Å². The van der Waals surface area contributed by atoms with Gasteiger partial charge in [-0.2, -0.15) is 0 Å². The molecule has 4 heteroatoms. The smallest absolute Gasteiger partial charge is 0.219 e. The second-order valence-corrected chi connectivity index (χ2v) is 5.27. The van der Waals surface area contributed by atoms with Crippen LogP contribution >= 0.6 is 11.6 Å². The van der Waals surface area contributed by atoms with Crippen molar-refractivity contribution in [3.63, 3.8) is 0 Å². The minimum atomic E-state index is 0.136. The Hall–Kier alpha value is -1.74. The summed E-state index contributed by atoms with van der Waals surface area (Å²) < 4.78 is 0. The van der Waals surface area contributed by atoms with Gasteiger partial charge in [-0.15, -0.1) is 0 Å². The monoisotopic (exact) mass is 274 g/mol. The quantitative estimate of drug-likeness (QED) is 0.849. The molecule has 1 aromatic heterocycles. The number of hydrogen-bond acceptors (Lipinski definition) is 1. The number of rotatable bonds is 1. The van der Waals surface area contributed by atoms with Crippen molar-refractivity contribution in [1.29, 1.82) is 0 Å². The Morgan fingerprint density at radius 2 is 2.26 bits per heavy atom. The maximum atomic E-state index is 11.3. The molecular formula is C15H15ClN2O. The summed E-state index contributed by atoms with van der Waals surface area (Å²) in [6.45, 7) is 3.09. The van der Waals surface area contributed by atoms with Crippen LogP contribution in [0.3, 0.4) is 0 Å². The third kappa shape index (κ3) is 2.26. The number of hydrogen-bond donors (Lipinski definition) is 1. The highest BCUT2D eigenvalue weighted by atomic mass is 35.5. The first-order valence-corrected chi connectivity index (χ1v) is 6.74. The third-order valence-electron chi connectivity index (χ3n) is 3.64. The van der Waals surface area contributed by atoms with Gasteiger partial charge in [0.05, 0.1) is 0 Å². The molecule has 0 atom stereocenters. The number of amides is 1. The number of carbonyl (C=O) groups is 1. The molecule has 0 radical (unpaired) electrons. The maximum absolute atomic E-state index is 11.3. The summed E-state index contributed by atoms with van der Waals surface area (Å²) in [6.07, 6.45) is 5.05. The molecule has 2 aromatic rings. The first-order valence-electron chi connectivity index (χ1n) is 6.37. The molecular weight excluding hydrogens is 260 g/mol. The number of H-pyrrole nitrogens is 1. The lowest BCUT2D eigenvalue weighted by Crippen LogP contribution is -2.32. The zero-order valence-corrected chi connectivity index (χ0v) is 11.5. The highest BCUT2D eigenvalue weighted by molar-refractivity contribution is 6.31. The fraction of sp³-hybridized carbons (Fsp3) is 0.267. The number of nitrogens with zero attached hydrogens (tertiary/aromatic N) is 1. The van der Waals surface area contributed by atoms with Crippen LogP contribution in [0.2, 0.25) is 5.02 Å². The van der Waals surface area contributed by atoms with Gasteiger partial charge in [0.2, 0.25) is 5.91 Å². The van der Waals surface area contributed by atoms with Gasteiger partial charge in [0.15, 0.2) is 0 Å². The van der Waals surface area contributed by atoms with Crippen molar-refractivity contribution in [3.05, 3.63) is 41.1 Å². The molecule has 1 aromatic carbocycles. The molecule has 1 amide bonds. The van der Waals surface area contributed by atoms with Crippen LogP contribution in [-0.4, -0.2) is 28.9 Å². The average Bonchev–Trinajstić information content (AvgIpc) is 2.81. The number of aromatic nitrogens is 1. The van der Waals surface area contributed by atoms with E-state index in [-0.39, 0.29) is 5.91 Å². The Morgan fingerprint density at radius 1 is 1.42 bits per heavy atom. The lowest BCUT2D eigenvalue weighted by Gasteiger charge is -2.25. The number of halogens is 1. The van der Waals surface area contributed by atoms with E-state index in [0.29, 0.717) is 6.54 Å². The van der Waals surface area contributed by atoms with Gasteiger partial charge in [-0.05, 0) is 30.2 Å². The molecule has 2 heterocycles. The molecule has 3 nitrogen and oxygen atoms in total. The largest absolute Gasteiger partial charge is 0.361 e. The molecule has 19 heavy (non-hydrogen) atoms. The normalized spacial score (nSPS) is 15.7. The maximum Gasteiger partial charge on any atom is 0.219 e. The van der Waals surface area contributed by atoms with Gasteiger partial charge in [0.1, 0.15) is 0 Å². The van der Waals surface area contributed by atoms with Gasteiger partial charge in [0, 0.05) is 47.7 Å². The van der Waals surface area contributed by atoms with Crippen LogP contribution in [0.5, 0.6) is 0 Å². The summed E-state index contributed by atoms with van der Waals surface area (Å²) in [5.74, 6) is 0.136. The predicted molar refractivity (Wildman–Crippen MR) is 78.2 cm³/mol. The van der Waals surface area contributed by atoms with Gasteiger partial charge in [-0.25, -0.2) is 0 Å². The van der Waals surface area contributed by atoms with Gasteiger partial charge in [-0.3, -0.25) is 4.79 Å². The second kappa shape index (κ2) is 4.74. The van der Waals surface area contributed by atoms with E-state index in [1.165, 1.54) is 11.1 Å². The van der Waals surface area contributed by atoms with E-state index < -0.39 is 0 Å².